The Hall–Kier alpha value is -4.20. The zero-order valence-electron chi connectivity index (χ0n) is 31.8. The topological polar surface area (TPSA) is 334 Å². The lowest BCUT2D eigenvalue weighted by molar-refractivity contribution is -0.351. The highest BCUT2D eigenvalue weighted by Crippen LogP contribution is 2.39. The quantitative estimate of drug-likeness (QED) is 0.0853. The number of aliphatic hydroxyl groups excluding tert-OH is 9. The van der Waals surface area contributed by atoms with Crippen LogP contribution in [0.1, 0.15) is 27.2 Å². The number of ether oxygens (including phenoxy) is 7. The fourth-order valence-electron chi connectivity index (χ4n) is 6.76. The molecule has 3 saturated heterocycles. The number of benzene rings is 2. The lowest BCUT2D eigenvalue weighted by Crippen LogP contribution is -2.65. The third-order valence-corrected chi connectivity index (χ3v) is 10.5. The Balaban J connectivity index is 1.39. The summed E-state index contributed by atoms with van der Waals surface area (Å²) in [6, 6.07) is 7.32. The van der Waals surface area contributed by atoms with Crippen molar-refractivity contribution in [3.05, 3.63) is 46.6 Å². The predicted molar refractivity (Wildman–Crippen MR) is 195 cm³/mol. The largest absolute Gasteiger partial charge is 0.508 e. The van der Waals surface area contributed by atoms with E-state index in [9.17, 15) is 65.8 Å². The van der Waals surface area contributed by atoms with Gasteiger partial charge in [0.1, 0.15) is 89.3 Å². The molecule has 3 aliphatic rings. The van der Waals surface area contributed by atoms with Crippen molar-refractivity contribution in [2.45, 2.75) is 119 Å². The fourth-order valence-corrected chi connectivity index (χ4v) is 6.76. The zero-order valence-corrected chi connectivity index (χ0v) is 31.8. The average molecular weight is 841 g/mol. The Morgan fingerprint density at radius 1 is 0.746 bits per heavy atom. The second kappa shape index (κ2) is 18.2. The monoisotopic (exact) mass is 840 g/mol. The van der Waals surface area contributed by atoms with E-state index in [2.05, 4.69) is 0 Å². The van der Waals surface area contributed by atoms with E-state index >= 15 is 0 Å². The van der Waals surface area contributed by atoms with Crippen LogP contribution in [0.3, 0.4) is 0 Å². The molecule has 0 aliphatic carbocycles. The molecule has 6 rings (SSSR count). The van der Waals surface area contributed by atoms with Gasteiger partial charge >= 0.3 is 5.97 Å². The van der Waals surface area contributed by atoms with E-state index in [1.165, 1.54) is 31.2 Å². The maximum atomic E-state index is 14.1. The number of carbonyl (C=O) groups is 1. The lowest BCUT2D eigenvalue weighted by atomic mass is 9.97. The molecule has 3 fully saturated rings. The second-order valence-electron chi connectivity index (χ2n) is 14.6. The average Bonchev–Trinajstić information content (AvgIpc) is 3.21. The minimum atomic E-state index is -1.94. The third-order valence-electron chi connectivity index (χ3n) is 10.5. The molecule has 0 saturated carbocycles. The van der Waals surface area contributed by atoms with Crippen molar-refractivity contribution < 1.29 is 98.5 Å². The van der Waals surface area contributed by atoms with Crippen LogP contribution in [0.25, 0.3) is 22.3 Å². The summed E-state index contributed by atoms with van der Waals surface area (Å²) in [5.74, 6) is -3.63. The smallest absolute Gasteiger partial charge is 0.309 e. The van der Waals surface area contributed by atoms with Crippen LogP contribution < -0.4 is 14.9 Å². The van der Waals surface area contributed by atoms with Gasteiger partial charge in [0, 0.05) is 17.7 Å². The Morgan fingerprint density at radius 3 is 1.93 bits per heavy atom. The summed E-state index contributed by atoms with van der Waals surface area (Å²) in [7, 11) is 0. The van der Waals surface area contributed by atoms with Gasteiger partial charge in [-0.25, -0.2) is 0 Å². The Labute approximate surface area is 334 Å². The summed E-state index contributed by atoms with van der Waals surface area (Å²) < 4.78 is 46.4. The highest BCUT2D eigenvalue weighted by Gasteiger charge is 2.53. The molecule has 0 spiro atoms. The van der Waals surface area contributed by atoms with Crippen LogP contribution in [-0.2, 0) is 28.5 Å². The molecule has 326 valence electrons. The Bertz CT molecular complexity index is 1970. The molecule has 59 heavy (non-hydrogen) atoms. The van der Waals surface area contributed by atoms with Gasteiger partial charge in [-0.1, -0.05) is 13.8 Å². The number of aliphatic hydroxyl groups is 9. The van der Waals surface area contributed by atoms with Crippen molar-refractivity contribution >= 4 is 16.9 Å². The van der Waals surface area contributed by atoms with Gasteiger partial charge < -0.3 is 93.7 Å². The number of esters is 1. The summed E-state index contributed by atoms with van der Waals surface area (Å²) >= 11 is 0. The normalized spacial score (nSPS) is 35.6. The molecule has 1 aromatic heterocycles. The van der Waals surface area contributed by atoms with Crippen LogP contribution in [0.2, 0.25) is 0 Å². The minimum absolute atomic E-state index is 0.121. The first-order valence-corrected chi connectivity index (χ1v) is 18.8. The zero-order chi connectivity index (χ0) is 43.0. The van der Waals surface area contributed by atoms with Gasteiger partial charge in [-0.3, -0.25) is 9.59 Å². The van der Waals surface area contributed by atoms with Crippen molar-refractivity contribution in [1.82, 2.24) is 0 Å². The first kappa shape index (κ1) is 44.4. The predicted octanol–water partition coefficient (Wildman–Crippen LogP) is -2.32. The Morgan fingerprint density at radius 2 is 1.34 bits per heavy atom. The number of rotatable bonds is 12. The van der Waals surface area contributed by atoms with Gasteiger partial charge in [0.2, 0.25) is 23.8 Å². The SMILES string of the molecule is CCC(C)C(=O)OC1C(Oc2cc(O)c3c(=O)c(OC4OC(CO)C(O)C(O)C4O)c(-c4ccc(O)cc4)oc3c2)OC(C)C(O)C1OC1OC(CO)C(O)C(O)C1O. The van der Waals surface area contributed by atoms with Gasteiger partial charge in [0.25, 0.3) is 0 Å². The van der Waals surface area contributed by atoms with Crippen molar-refractivity contribution in [1.29, 1.82) is 0 Å². The van der Waals surface area contributed by atoms with Gasteiger partial charge in [0.05, 0.1) is 25.2 Å². The van der Waals surface area contributed by atoms with Gasteiger partial charge in [-0.05, 0) is 37.6 Å². The first-order valence-electron chi connectivity index (χ1n) is 18.8. The highest BCUT2D eigenvalue weighted by molar-refractivity contribution is 5.88. The molecule has 0 bridgehead atoms. The van der Waals surface area contributed by atoms with Crippen LogP contribution in [0, 0.1) is 5.92 Å². The minimum Gasteiger partial charge on any atom is -0.508 e. The summed E-state index contributed by atoms with van der Waals surface area (Å²) in [6.07, 6.45) is -24.8. The van der Waals surface area contributed by atoms with E-state index in [-0.39, 0.29) is 28.4 Å². The van der Waals surface area contributed by atoms with E-state index in [1.807, 2.05) is 0 Å². The van der Waals surface area contributed by atoms with E-state index in [1.54, 1.807) is 13.8 Å². The Kier molecular flexibility index (Phi) is 13.7. The maximum absolute atomic E-state index is 14.1. The number of hydrogen-bond acceptors (Lipinski definition) is 21. The molecule has 16 unspecified atom stereocenters. The number of carbonyl (C=O) groups excluding carboxylic acids is 1. The molecule has 21 nitrogen and oxygen atoms in total. The van der Waals surface area contributed by atoms with Gasteiger partial charge in [0.15, 0.2) is 18.2 Å². The van der Waals surface area contributed by atoms with Crippen molar-refractivity contribution in [3.8, 4) is 34.3 Å². The molecule has 3 aliphatic heterocycles. The van der Waals surface area contributed by atoms with E-state index in [4.69, 9.17) is 37.6 Å². The number of aromatic hydroxyl groups is 2. The highest BCUT2D eigenvalue weighted by atomic mass is 16.7. The van der Waals surface area contributed by atoms with E-state index < -0.39 is 140 Å². The number of hydrogen-bond donors (Lipinski definition) is 11. The molecule has 11 N–H and O–H groups in total. The van der Waals surface area contributed by atoms with Gasteiger partial charge in [-0.15, -0.1) is 0 Å². The van der Waals surface area contributed by atoms with E-state index in [0.717, 1.165) is 12.1 Å². The molecule has 0 radical (unpaired) electrons. The lowest BCUT2D eigenvalue weighted by Gasteiger charge is -2.46. The van der Waals surface area contributed by atoms with Gasteiger partial charge in [-0.2, -0.15) is 0 Å². The van der Waals surface area contributed by atoms with Crippen LogP contribution in [-0.4, -0.2) is 167 Å². The molecule has 16 atom stereocenters. The van der Waals surface area contributed by atoms with Crippen LogP contribution in [0.15, 0.2) is 45.6 Å². The maximum Gasteiger partial charge on any atom is 0.309 e. The van der Waals surface area contributed by atoms with Crippen molar-refractivity contribution in [2.75, 3.05) is 13.2 Å². The third kappa shape index (κ3) is 8.84. The van der Waals surface area contributed by atoms with Crippen LogP contribution in [0.4, 0.5) is 0 Å². The van der Waals surface area contributed by atoms with Crippen LogP contribution >= 0.6 is 0 Å². The number of phenols is 2. The molecular weight excluding hydrogens is 792 g/mol. The standard InChI is InChI=1S/C38H48O21/c1-4-13(2)35(51)57-34-32(58-36-29(49)27(47)24(44)20(11-39)55-36)23(43)14(3)52-38(34)53-17-9-18(42)22-19(10-17)54-31(15-5-7-16(41)8-6-15)33(26(22)46)59-37-30(50)28(48)25(45)21(12-40)56-37/h5-10,13-14,20-21,23-25,27-30,32,34,36-45,47-50H,4,11-12H2,1-3H3. The first-order chi connectivity index (χ1) is 28.0. The molecular formula is C38H48O21. The van der Waals surface area contributed by atoms with Crippen molar-refractivity contribution in [3.63, 3.8) is 0 Å². The molecule has 3 aromatic rings. The number of phenolic OH excluding ortho intramolecular Hbond substituents is 2. The molecule has 21 heteroatoms. The summed E-state index contributed by atoms with van der Waals surface area (Å²) in [5.41, 5.74) is -1.24. The second-order valence-corrected chi connectivity index (χ2v) is 14.6. The summed E-state index contributed by atoms with van der Waals surface area (Å²) in [4.78, 5) is 27.3. The van der Waals surface area contributed by atoms with Crippen LogP contribution in [0.5, 0.6) is 23.0 Å². The number of fused-ring (bicyclic) bond motifs is 1. The molecule has 0 amide bonds. The molecule has 4 heterocycles. The van der Waals surface area contributed by atoms with Crippen molar-refractivity contribution in [2.24, 2.45) is 5.92 Å². The molecule has 2 aromatic carbocycles. The fraction of sp³-hybridized carbons (Fsp3) is 0.579. The summed E-state index contributed by atoms with van der Waals surface area (Å²) in [6.45, 7) is 3.11. The van der Waals surface area contributed by atoms with E-state index in [0.29, 0.717) is 6.42 Å². The summed E-state index contributed by atoms with van der Waals surface area (Å²) in [5, 5.41) is 114.